The van der Waals surface area contributed by atoms with Crippen molar-refractivity contribution in [1.82, 2.24) is 4.90 Å². The standard InChI is InChI=1S/C19H29NO2/c1-14(2)15-10-6-7-11-16(15)17-12-8-9-13-20(17)18(21)22-19(3,4)5/h6-7,10-11,14,17H,8-9,12-13H2,1-5H3. The fourth-order valence-corrected chi connectivity index (χ4v) is 3.13. The molecule has 2 rings (SSSR count). The number of piperidine rings is 1. The van der Waals surface area contributed by atoms with E-state index in [0.29, 0.717) is 5.92 Å². The molecule has 1 amide bonds. The number of hydrogen-bond acceptors (Lipinski definition) is 2. The molecule has 0 aromatic heterocycles. The van der Waals surface area contributed by atoms with Crippen molar-refractivity contribution in [2.24, 2.45) is 0 Å². The lowest BCUT2D eigenvalue weighted by Crippen LogP contribution is -2.42. The van der Waals surface area contributed by atoms with Crippen LogP contribution in [0.2, 0.25) is 0 Å². The number of hydrogen-bond donors (Lipinski definition) is 0. The predicted molar refractivity (Wildman–Crippen MR) is 90.1 cm³/mol. The molecule has 1 unspecified atom stereocenters. The van der Waals surface area contributed by atoms with Gasteiger partial charge in [-0.25, -0.2) is 4.79 Å². The van der Waals surface area contributed by atoms with E-state index in [4.69, 9.17) is 4.74 Å². The Hall–Kier alpha value is -1.51. The number of amides is 1. The van der Waals surface area contributed by atoms with E-state index in [9.17, 15) is 4.79 Å². The highest BCUT2D eigenvalue weighted by atomic mass is 16.6. The van der Waals surface area contributed by atoms with Gasteiger partial charge < -0.3 is 9.64 Å². The molecule has 0 aliphatic carbocycles. The second-order valence-electron chi connectivity index (χ2n) is 7.47. The molecule has 1 aliphatic heterocycles. The molecule has 1 aromatic carbocycles. The van der Waals surface area contributed by atoms with Crippen molar-refractivity contribution >= 4 is 6.09 Å². The topological polar surface area (TPSA) is 29.5 Å². The van der Waals surface area contributed by atoms with Gasteiger partial charge in [0.2, 0.25) is 0 Å². The molecule has 0 bridgehead atoms. The fraction of sp³-hybridized carbons (Fsp3) is 0.632. The summed E-state index contributed by atoms with van der Waals surface area (Å²) < 4.78 is 5.62. The van der Waals surface area contributed by atoms with Crippen molar-refractivity contribution in [3.8, 4) is 0 Å². The summed E-state index contributed by atoms with van der Waals surface area (Å²) in [5, 5.41) is 0. The first-order chi connectivity index (χ1) is 10.3. The van der Waals surface area contributed by atoms with Crippen LogP contribution in [0, 0.1) is 0 Å². The van der Waals surface area contributed by atoms with E-state index in [0.717, 1.165) is 25.8 Å². The maximum absolute atomic E-state index is 12.6. The van der Waals surface area contributed by atoms with Gasteiger partial charge in [0.25, 0.3) is 0 Å². The van der Waals surface area contributed by atoms with Gasteiger partial charge in [-0.05, 0) is 57.1 Å². The monoisotopic (exact) mass is 303 g/mol. The Bertz CT molecular complexity index is 516. The van der Waals surface area contributed by atoms with Gasteiger partial charge in [-0.2, -0.15) is 0 Å². The molecule has 3 nitrogen and oxygen atoms in total. The summed E-state index contributed by atoms with van der Waals surface area (Å²) in [6, 6.07) is 8.65. The molecular formula is C19H29NO2. The van der Waals surface area contributed by atoms with Gasteiger partial charge >= 0.3 is 6.09 Å². The van der Waals surface area contributed by atoms with Crippen LogP contribution in [0.3, 0.4) is 0 Å². The maximum atomic E-state index is 12.6. The van der Waals surface area contributed by atoms with Crippen LogP contribution < -0.4 is 0 Å². The first-order valence-corrected chi connectivity index (χ1v) is 8.38. The van der Waals surface area contributed by atoms with E-state index in [2.05, 4.69) is 38.1 Å². The number of nitrogens with zero attached hydrogens (tertiary/aromatic N) is 1. The van der Waals surface area contributed by atoms with E-state index < -0.39 is 5.60 Å². The maximum Gasteiger partial charge on any atom is 0.410 e. The van der Waals surface area contributed by atoms with Gasteiger partial charge in [-0.1, -0.05) is 38.1 Å². The van der Waals surface area contributed by atoms with Crippen molar-refractivity contribution in [2.45, 2.75) is 71.4 Å². The van der Waals surface area contributed by atoms with Gasteiger partial charge in [0, 0.05) is 6.54 Å². The zero-order valence-corrected chi connectivity index (χ0v) is 14.6. The number of likely N-dealkylation sites (tertiary alicyclic amines) is 1. The summed E-state index contributed by atoms with van der Waals surface area (Å²) in [5.74, 6) is 0.457. The Balaban J connectivity index is 2.29. The average Bonchev–Trinajstić information content (AvgIpc) is 2.45. The van der Waals surface area contributed by atoms with Crippen LogP contribution in [0.5, 0.6) is 0 Å². The summed E-state index contributed by atoms with van der Waals surface area (Å²) >= 11 is 0. The molecule has 1 atom stereocenters. The molecular weight excluding hydrogens is 274 g/mol. The number of rotatable bonds is 2. The number of carbonyl (C=O) groups is 1. The van der Waals surface area contributed by atoms with Crippen LogP contribution in [-0.4, -0.2) is 23.1 Å². The molecule has 1 fully saturated rings. The second-order valence-corrected chi connectivity index (χ2v) is 7.47. The summed E-state index contributed by atoms with van der Waals surface area (Å²) in [5.41, 5.74) is 2.17. The van der Waals surface area contributed by atoms with E-state index in [1.807, 2.05) is 25.7 Å². The predicted octanol–water partition coefficient (Wildman–Crippen LogP) is 5.27. The molecule has 1 aliphatic rings. The van der Waals surface area contributed by atoms with Crippen molar-refractivity contribution < 1.29 is 9.53 Å². The van der Waals surface area contributed by atoms with Gasteiger partial charge in [0.15, 0.2) is 0 Å². The van der Waals surface area contributed by atoms with Gasteiger partial charge in [0.1, 0.15) is 5.60 Å². The molecule has 1 saturated heterocycles. The SMILES string of the molecule is CC(C)c1ccccc1C1CCCCN1C(=O)OC(C)(C)C. The molecule has 3 heteroatoms. The van der Waals surface area contributed by atoms with Crippen molar-refractivity contribution in [3.05, 3.63) is 35.4 Å². The van der Waals surface area contributed by atoms with Crippen LogP contribution >= 0.6 is 0 Å². The minimum atomic E-state index is -0.448. The normalized spacial score (nSPS) is 19.4. The van der Waals surface area contributed by atoms with Crippen LogP contribution in [0.4, 0.5) is 4.79 Å². The molecule has 0 N–H and O–H groups in total. The van der Waals surface area contributed by atoms with Crippen molar-refractivity contribution in [1.29, 1.82) is 0 Å². The zero-order valence-electron chi connectivity index (χ0n) is 14.6. The van der Waals surface area contributed by atoms with Crippen LogP contribution in [0.1, 0.15) is 77.0 Å². The quantitative estimate of drug-likeness (QED) is 0.744. The Kier molecular flexibility index (Phi) is 5.15. The first kappa shape index (κ1) is 16.9. The van der Waals surface area contributed by atoms with Crippen LogP contribution in [0.15, 0.2) is 24.3 Å². The summed E-state index contributed by atoms with van der Waals surface area (Å²) in [7, 11) is 0. The Morgan fingerprint density at radius 1 is 1.23 bits per heavy atom. The molecule has 1 heterocycles. The van der Waals surface area contributed by atoms with Crippen molar-refractivity contribution in [3.63, 3.8) is 0 Å². The van der Waals surface area contributed by atoms with E-state index in [-0.39, 0.29) is 12.1 Å². The largest absolute Gasteiger partial charge is 0.444 e. The van der Waals surface area contributed by atoms with E-state index in [1.165, 1.54) is 11.1 Å². The van der Waals surface area contributed by atoms with E-state index in [1.54, 1.807) is 0 Å². The number of carbonyl (C=O) groups excluding carboxylic acids is 1. The van der Waals surface area contributed by atoms with Crippen LogP contribution in [-0.2, 0) is 4.74 Å². The molecule has 122 valence electrons. The molecule has 0 radical (unpaired) electrons. The number of benzene rings is 1. The summed E-state index contributed by atoms with van der Waals surface area (Å²) in [6.45, 7) is 11.0. The lowest BCUT2D eigenvalue weighted by Gasteiger charge is -2.38. The summed E-state index contributed by atoms with van der Waals surface area (Å²) in [6.07, 6.45) is 3.05. The second kappa shape index (κ2) is 6.72. The van der Waals surface area contributed by atoms with Crippen LogP contribution in [0.25, 0.3) is 0 Å². The Morgan fingerprint density at radius 3 is 2.55 bits per heavy atom. The van der Waals surface area contributed by atoms with E-state index >= 15 is 0 Å². The Morgan fingerprint density at radius 2 is 1.91 bits per heavy atom. The third-order valence-electron chi connectivity index (χ3n) is 4.11. The van der Waals surface area contributed by atoms with Gasteiger partial charge in [-0.3, -0.25) is 0 Å². The third kappa shape index (κ3) is 4.02. The lowest BCUT2D eigenvalue weighted by atomic mass is 9.88. The number of ether oxygens (including phenoxy) is 1. The zero-order chi connectivity index (χ0) is 16.3. The van der Waals surface area contributed by atoms with Crippen molar-refractivity contribution in [2.75, 3.05) is 6.54 Å². The average molecular weight is 303 g/mol. The minimum absolute atomic E-state index is 0.141. The highest BCUT2D eigenvalue weighted by molar-refractivity contribution is 5.69. The first-order valence-electron chi connectivity index (χ1n) is 8.38. The minimum Gasteiger partial charge on any atom is -0.444 e. The molecule has 1 aromatic rings. The van der Waals surface area contributed by atoms with Gasteiger partial charge in [0.05, 0.1) is 6.04 Å². The molecule has 22 heavy (non-hydrogen) atoms. The lowest BCUT2D eigenvalue weighted by molar-refractivity contribution is 0.00939. The smallest absolute Gasteiger partial charge is 0.410 e. The highest BCUT2D eigenvalue weighted by Gasteiger charge is 2.32. The fourth-order valence-electron chi connectivity index (χ4n) is 3.13. The molecule has 0 saturated carbocycles. The molecule has 0 spiro atoms. The Labute approximate surface area is 134 Å². The van der Waals surface area contributed by atoms with Gasteiger partial charge in [-0.15, -0.1) is 0 Å². The highest BCUT2D eigenvalue weighted by Crippen LogP contribution is 2.36. The third-order valence-corrected chi connectivity index (χ3v) is 4.11. The summed E-state index contributed by atoms with van der Waals surface area (Å²) in [4.78, 5) is 14.5.